The summed E-state index contributed by atoms with van der Waals surface area (Å²) in [7, 11) is 0. The molecule has 0 atom stereocenters. The van der Waals surface area contributed by atoms with Crippen molar-refractivity contribution in [2.24, 2.45) is 0 Å². The van der Waals surface area contributed by atoms with Gasteiger partial charge >= 0.3 is 5.63 Å². The Kier molecular flexibility index (Phi) is 4.22. The van der Waals surface area contributed by atoms with Crippen molar-refractivity contribution in [3.8, 4) is 11.1 Å². The van der Waals surface area contributed by atoms with Gasteiger partial charge in [-0.25, -0.2) is 4.79 Å². The largest absolute Gasteiger partial charge is 0.464 e. The van der Waals surface area contributed by atoms with E-state index in [1.54, 1.807) is 6.26 Å². The van der Waals surface area contributed by atoms with E-state index in [2.05, 4.69) is 36.4 Å². The second kappa shape index (κ2) is 7.24. The smallest absolute Gasteiger partial charge is 0.340 e. The molecule has 0 aliphatic heterocycles. The molecule has 0 N–H and O–H groups in total. The molecule has 0 saturated carbocycles. The molecule has 0 aliphatic carbocycles. The third-order valence-electron chi connectivity index (χ3n) is 6.27. The standard InChI is InChI=1S/C29H20O3/c1-18-23-15-25-26(22-12-11-20-9-5-6-10-21(20)14-22)17-31-27(25)16-28(23)32-29(30)24(18)13-19-7-3-2-4-8-19/h2-12,14-17H,13H2,1H3. The van der Waals surface area contributed by atoms with Crippen LogP contribution < -0.4 is 5.63 Å². The molecular formula is C29H20O3. The second-order valence-electron chi connectivity index (χ2n) is 8.21. The Labute approximate surface area is 184 Å². The molecule has 0 unspecified atom stereocenters. The fourth-order valence-corrected chi connectivity index (χ4v) is 4.49. The number of hydrogen-bond acceptors (Lipinski definition) is 3. The molecule has 0 radical (unpaired) electrons. The first-order valence-corrected chi connectivity index (χ1v) is 10.7. The average molecular weight is 416 g/mol. The summed E-state index contributed by atoms with van der Waals surface area (Å²) in [4.78, 5) is 12.7. The van der Waals surface area contributed by atoms with Crippen LogP contribution in [-0.4, -0.2) is 0 Å². The van der Waals surface area contributed by atoms with Gasteiger partial charge in [0.05, 0.1) is 6.26 Å². The van der Waals surface area contributed by atoms with Crippen molar-refractivity contribution in [1.29, 1.82) is 0 Å². The van der Waals surface area contributed by atoms with Crippen molar-refractivity contribution in [2.45, 2.75) is 13.3 Å². The van der Waals surface area contributed by atoms with Gasteiger partial charge in [0.15, 0.2) is 0 Å². The first-order chi connectivity index (χ1) is 15.7. The summed E-state index contributed by atoms with van der Waals surface area (Å²) in [5.74, 6) is 0. The Bertz CT molecular complexity index is 1670. The molecule has 32 heavy (non-hydrogen) atoms. The molecule has 0 aliphatic rings. The van der Waals surface area contributed by atoms with E-state index in [0.717, 1.165) is 33.0 Å². The summed E-state index contributed by atoms with van der Waals surface area (Å²) in [5, 5.41) is 4.34. The molecule has 2 heterocycles. The van der Waals surface area contributed by atoms with E-state index in [1.807, 2.05) is 55.5 Å². The highest BCUT2D eigenvalue weighted by atomic mass is 16.4. The third-order valence-corrected chi connectivity index (χ3v) is 6.27. The first kappa shape index (κ1) is 18.6. The Morgan fingerprint density at radius 2 is 1.53 bits per heavy atom. The SMILES string of the molecule is Cc1c(Cc2ccccc2)c(=O)oc2cc3occ(-c4ccc5ccccc5c4)c3cc12. The third kappa shape index (κ3) is 3.02. The van der Waals surface area contributed by atoms with Gasteiger partial charge in [-0.15, -0.1) is 0 Å². The number of hydrogen-bond donors (Lipinski definition) is 0. The minimum Gasteiger partial charge on any atom is -0.464 e. The molecule has 6 rings (SSSR count). The molecule has 0 amide bonds. The van der Waals surface area contributed by atoms with Crippen molar-refractivity contribution < 1.29 is 8.83 Å². The Balaban J connectivity index is 1.54. The van der Waals surface area contributed by atoms with Gasteiger partial charge in [-0.1, -0.05) is 66.7 Å². The van der Waals surface area contributed by atoms with Crippen LogP contribution in [-0.2, 0) is 6.42 Å². The molecule has 0 bridgehead atoms. The summed E-state index contributed by atoms with van der Waals surface area (Å²) in [6.45, 7) is 2.00. The molecule has 154 valence electrons. The average Bonchev–Trinajstić information content (AvgIpc) is 3.24. The number of fused-ring (bicyclic) bond motifs is 3. The highest BCUT2D eigenvalue weighted by Gasteiger charge is 2.16. The molecule has 6 aromatic rings. The van der Waals surface area contributed by atoms with E-state index >= 15 is 0 Å². The van der Waals surface area contributed by atoms with Crippen LogP contribution in [0.25, 0.3) is 43.8 Å². The molecule has 3 nitrogen and oxygen atoms in total. The lowest BCUT2D eigenvalue weighted by atomic mass is 9.97. The predicted molar refractivity (Wildman–Crippen MR) is 129 cm³/mol. The zero-order valence-electron chi connectivity index (χ0n) is 17.6. The van der Waals surface area contributed by atoms with Gasteiger partial charge in [0.25, 0.3) is 0 Å². The van der Waals surface area contributed by atoms with E-state index in [0.29, 0.717) is 23.2 Å². The Morgan fingerprint density at radius 1 is 0.750 bits per heavy atom. The Hall–Kier alpha value is -4.11. The van der Waals surface area contributed by atoms with Crippen molar-refractivity contribution in [2.75, 3.05) is 0 Å². The van der Waals surface area contributed by atoms with Gasteiger partial charge in [-0.05, 0) is 46.5 Å². The zero-order chi connectivity index (χ0) is 21.7. The summed E-state index contributed by atoms with van der Waals surface area (Å²) in [5.41, 5.74) is 5.83. The lowest BCUT2D eigenvalue weighted by molar-refractivity contribution is 0.549. The maximum Gasteiger partial charge on any atom is 0.340 e. The number of rotatable bonds is 3. The minimum absolute atomic E-state index is 0.292. The van der Waals surface area contributed by atoms with Gasteiger partial charge < -0.3 is 8.83 Å². The van der Waals surface area contributed by atoms with E-state index in [-0.39, 0.29) is 5.63 Å². The molecule has 3 heteroatoms. The fourth-order valence-electron chi connectivity index (χ4n) is 4.49. The van der Waals surface area contributed by atoms with Crippen LogP contribution in [0.1, 0.15) is 16.7 Å². The lowest BCUT2D eigenvalue weighted by Gasteiger charge is -2.09. The fraction of sp³-hybridized carbons (Fsp3) is 0.0690. The van der Waals surface area contributed by atoms with Crippen LogP contribution in [0.15, 0.2) is 105 Å². The topological polar surface area (TPSA) is 43.4 Å². The van der Waals surface area contributed by atoms with Crippen molar-refractivity contribution >= 4 is 32.7 Å². The molecular weight excluding hydrogens is 396 g/mol. The predicted octanol–water partition coefficient (Wildman–Crippen LogP) is 7.26. The van der Waals surface area contributed by atoms with Crippen molar-refractivity contribution in [3.63, 3.8) is 0 Å². The van der Waals surface area contributed by atoms with Crippen molar-refractivity contribution in [3.05, 3.63) is 118 Å². The number of furan rings is 1. The number of aryl methyl sites for hydroxylation is 1. The highest BCUT2D eigenvalue weighted by molar-refractivity contribution is 6.03. The van der Waals surface area contributed by atoms with Crippen LogP contribution >= 0.6 is 0 Å². The summed E-state index contributed by atoms with van der Waals surface area (Å²) < 4.78 is 11.6. The van der Waals surface area contributed by atoms with E-state index in [1.165, 1.54) is 10.8 Å². The van der Waals surface area contributed by atoms with Crippen LogP contribution in [0.2, 0.25) is 0 Å². The molecule has 0 spiro atoms. The number of benzene rings is 4. The zero-order valence-corrected chi connectivity index (χ0v) is 17.6. The maximum absolute atomic E-state index is 12.7. The van der Waals surface area contributed by atoms with Gasteiger partial charge in [0.2, 0.25) is 0 Å². The molecule has 0 fully saturated rings. The van der Waals surface area contributed by atoms with E-state index in [4.69, 9.17) is 8.83 Å². The van der Waals surface area contributed by atoms with Crippen LogP contribution in [0.5, 0.6) is 0 Å². The molecule has 2 aromatic heterocycles. The van der Waals surface area contributed by atoms with Gasteiger partial charge in [-0.3, -0.25) is 0 Å². The summed E-state index contributed by atoms with van der Waals surface area (Å²) in [6.07, 6.45) is 2.33. The van der Waals surface area contributed by atoms with Gasteiger partial charge in [0, 0.05) is 34.4 Å². The van der Waals surface area contributed by atoms with Crippen LogP contribution in [0, 0.1) is 6.92 Å². The summed E-state index contributed by atoms with van der Waals surface area (Å²) >= 11 is 0. The minimum atomic E-state index is -0.292. The van der Waals surface area contributed by atoms with E-state index < -0.39 is 0 Å². The lowest BCUT2D eigenvalue weighted by Crippen LogP contribution is -2.10. The maximum atomic E-state index is 12.7. The highest BCUT2D eigenvalue weighted by Crippen LogP contribution is 2.35. The van der Waals surface area contributed by atoms with Gasteiger partial charge in [0.1, 0.15) is 11.2 Å². The Morgan fingerprint density at radius 3 is 2.38 bits per heavy atom. The normalized spacial score (nSPS) is 11.5. The van der Waals surface area contributed by atoms with Crippen molar-refractivity contribution in [1.82, 2.24) is 0 Å². The van der Waals surface area contributed by atoms with E-state index in [9.17, 15) is 4.79 Å². The molecule has 0 saturated heterocycles. The van der Waals surface area contributed by atoms with Gasteiger partial charge in [-0.2, -0.15) is 0 Å². The molecule has 4 aromatic carbocycles. The van der Waals surface area contributed by atoms with Crippen LogP contribution in [0.4, 0.5) is 0 Å². The second-order valence-corrected chi connectivity index (χ2v) is 8.21. The quantitative estimate of drug-likeness (QED) is 0.285. The monoisotopic (exact) mass is 416 g/mol. The summed E-state index contributed by atoms with van der Waals surface area (Å²) in [6, 6.07) is 28.7. The first-order valence-electron chi connectivity index (χ1n) is 10.7. The van der Waals surface area contributed by atoms with Crippen LogP contribution in [0.3, 0.4) is 0 Å².